The van der Waals surface area contributed by atoms with Gasteiger partial charge >= 0.3 is 0 Å². The first-order valence-corrected chi connectivity index (χ1v) is 4.88. The normalized spacial score (nSPS) is 12.9. The van der Waals surface area contributed by atoms with Crippen LogP contribution in [0.2, 0.25) is 0 Å². The van der Waals surface area contributed by atoms with Gasteiger partial charge in [-0.15, -0.1) is 0 Å². The van der Waals surface area contributed by atoms with E-state index in [1.807, 2.05) is 19.4 Å². The third-order valence-electron chi connectivity index (χ3n) is 2.17. The molecule has 0 aliphatic carbocycles. The van der Waals surface area contributed by atoms with Crippen molar-refractivity contribution in [1.29, 1.82) is 0 Å². The summed E-state index contributed by atoms with van der Waals surface area (Å²) in [6.07, 6.45) is 5.31. The van der Waals surface area contributed by atoms with Crippen molar-refractivity contribution in [3.63, 3.8) is 0 Å². The Balaban J connectivity index is 2.27. The second kappa shape index (κ2) is 4.22. The fourth-order valence-electron chi connectivity index (χ4n) is 1.52. The van der Waals surface area contributed by atoms with Crippen molar-refractivity contribution >= 4 is 0 Å². The highest BCUT2D eigenvalue weighted by Gasteiger charge is 2.16. The van der Waals surface area contributed by atoms with Gasteiger partial charge in [0.05, 0.1) is 12.2 Å². The van der Waals surface area contributed by atoms with Gasteiger partial charge in [0.15, 0.2) is 0 Å². The molecule has 2 heterocycles. The maximum absolute atomic E-state index is 4.15. The van der Waals surface area contributed by atoms with E-state index in [1.54, 1.807) is 4.68 Å². The van der Waals surface area contributed by atoms with E-state index >= 15 is 0 Å². The summed E-state index contributed by atoms with van der Waals surface area (Å²) in [4.78, 5) is 4.15. The first kappa shape index (κ1) is 9.85. The van der Waals surface area contributed by atoms with Gasteiger partial charge in [0, 0.05) is 18.8 Å². The smallest absolute Gasteiger partial charge is 0.146 e. The highest BCUT2D eigenvalue weighted by atomic mass is 15.3. The molecule has 2 aromatic rings. The molecule has 2 aromatic heterocycles. The molecule has 0 fully saturated rings. The van der Waals surface area contributed by atoms with Crippen molar-refractivity contribution in [2.75, 3.05) is 6.54 Å². The molecule has 6 heteroatoms. The Morgan fingerprint density at radius 2 is 2.47 bits per heavy atom. The van der Waals surface area contributed by atoms with Gasteiger partial charge in [-0.05, 0) is 6.54 Å². The van der Waals surface area contributed by atoms with Crippen LogP contribution in [0.15, 0.2) is 18.7 Å². The van der Waals surface area contributed by atoms with E-state index in [0.29, 0.717) is 0 Å². The van der Waals surface area contributed by atoms with Crippen LogP contribution in [0.5, 0.6) is 0 Å². The van der Waals surface area contributed by atoms with Gasteiger partial charge < -0.3 is 5.32 Å². The molecular weight excluding hydrogens is 192 g/mol. The number of aromatic amines is 1. The van der Waals surface area contributed by atoms with Crippen LogP contribution in [0.25, 0.3) is 0 Å². The first-order chi connectivity index (χ1) is 7.31. The van der Waals surface area contributed by atoms with Crippen LogP contribution in [0.4, 0.5) is 0 Å². The lowest BCUT2D eigenvalue weighted by Gasteiger charge is -2.12. The number of H-pyrrole nitrogens is 1. The number of hydrogen-bond acceptors (Lipinski definition) is 4. The van der Waals surface area contributed by atoms with Crippen LogP contribution >= 0.6 is 0 Å². The second-order valence-electron chi connectivity index (χ2n) is 3.31. The summed E-state index contributed by atoms with van der Waals surface area (Å²) < 4.78 is 1.77. The van der Waals surface area contributed by atoms with E-state index in [1.165, 1.54) is 6.33 Å². The molecule has 2 N–H and O–H groups in total. The van der Waals surface area contributed by atoms with E-state index < -0.39 is 0 Å². The minimum Gasteiger partial charge on any atom is -0.304 e. The summed E-state index contributed by atoms with van der Waals surface area (Å²) in [5.41, 5.74) is 1.08. The second-order valence-corrected chi connectivity index (χ2v) is 3.31. The number of nitrogens with zero attached hydrogens (tertiary/aromatic N) is 4. The van der Waals surface area contributed by atoms with Crippen LogP contribution < -0.4 is 5.32 Å². The summed E-state index contributed by atoms with van der Waals surface area (Å²) in [5.74, 6) is 0.810. The molecule has 15 heavy (non-hydrogen) atoms. The van der Waals surface area contributed by atoms with Crippen LogP contribution in [0, 0.1) is 0 Å². The van der Waals surface area contributed by atoms with Gasteiger partial charge in [0.2, 0.25) is 0 Å². The third kappa shape index (κ3) is 2.04. The summed E-state index contributed by atoms with van der Waals surface area (Å²) >= 11 is 0. The van der Waals surface area contributed by atoms with E-state index in [4.69, 9.17) is 0 Å². The number of hydrogen-bond donors (Lipinski definition) is 2. The van der Waals surface area contributed by atoms with Crippen molar-refractivity contribution in [2.45, 2.75) is 13.0 Å². The van der Waals surface area contributed by atoms with Gasteiger partial charge in [-0.25, -0.2) is 4.98 Å². The lowest BCUT2D eigenvalue weighted by Crippen LogP contribution is -2.22. The maximum Gasteiger partial charge on any atom is 0.146 e. The van der Waals surface area contributed by atoms with Gasteiger partial charge in [-0.3, -0.25) is 9.78 Å². The maximum atomic E-state index is 4.15. The number of rotatable bonds is 4. The zero-order chi connectivity index (χ0) is 10.7. The molecule has 0 aliphatic rings. The average Bonchev–Trinajstić information content (AvgIpc) is 2.85. The summed E-state index contributed by atoms with van der Waals surface area (Å²) in [5, 5.41) is 14.2. The number of aromatic nitrogens is 5. The Kier molecular flexibility index (Phi) is 2.77. The molecule has 1 unspecified atom stereocenters. The third-order valence-corrected chi connectivity index (χ3v) is 2.17. The Bertz CT molecular complexity index is 404. The van der Waals surface area contributed by atoms with E-state index in [2.05, 4.69) is 32.5 Å². The summed E-state index contributed by atoms with van der Waals surface area (Å²) in [6.45, 7) is 2.92. The van der Waals surface area contributed by atoms with Crippen LogP contribution in [-0.4, -0.2) is 31.5 Å². The minimum atomic E-state index is 0.0335. The number of aryl methyl sites for hydroxylation is 1. The Morgan fingerprint density at radius 3 is 3.00 bits per heavy atom. The number of nitrogens with one attached hydrogen (secondary N) is 2. The zero-order valence-electron chi connectivity index (χ0n) is 8.81. The van der Waals surface area contributed by atoms with E-state index in [9.17, 15) is 0 Å². The molecule has 6 nitrogen and oxygen atoms in total. The van der Waals surface area contributed by atoms with Crippen molar-refractivity contribution in [3.05, 3.63) is 30.1 Å². The first-order valence-electron chi connectivity index (χ1n) is 4.88. The van der Waals surface area contributed by atoms with Gasteiger partial charge in [0.25, 0.3) is 0 Å². The lowest BCUT2D eigenvalue weighted by atomic mass is 10.1. The van der Waals surface area contributed by atoms with Crippen molar-refractivity contribution in [1.82, 2.24) is 30.3 Å². The molecule has 2 rings (SSSR count). The molecule has 0 radical (unpaired) electrons. The van der Waals surface area contributed by atoms with Crippen LogP contribution in [0.1, 0.15) is 24.4 Å². The lowest BCUT2D eigenvalue weighted by molar-refractivity contribution is 0.599. The highest BCUT2D eigenvalue weighted by Crippen LogP contribution is 2.16. The molecular formula is C9H14N6. The van der Waals surface area contributed by atoms with Crippen LogP contribution in [0.3, 0.4) is 0 Å². The molecule has 1 atom stereocenters. The summed E-state index contributed by atoms with van der Waals surface area (Å²) in [7, 11) is 1.90. The molecule has 80 valence electrons. The zero-order valence-corrected chi connectivity index (χ0v) is 8.81. The Labute approximate surface area is 87.7 Å². The van der Waals surface area contributed by atoms with E-state index in [0.717, 1.165) is 17.9 Å². The monoisotopic (exact) mass is 206 g/mol. The molecule has 0 bridgehead atoms. The molecule has 0 saturated heterocycles. The standard InChI is InChI=1S/C9H14N6/c1-3-10-8(9-11-6-12-14-9)7-4-13-15(2)5-7/h4-6,8,10H,3H2,1-2H3,(H,11,12,14). The Morgan fingerprint density at radius 1 is 1.60 bits per heavy atom. The van der Waals surface area contributed by atoms with Crippen molar-refractivity contribution < 1.29 is 0 Å². The minimum absolute atomic E-state index is 0.0335. The van der Waals surface area contributed by atoms with Gasteiger partial charge in [0.1, 0.15) is 12.2 Å². The molecule has 0 aliphatic heterocycles. The fourth-order valence-corrected chi connectivity index (χ4v) is 1.52. The quantitative estimate of drug-likeness (QED) is 0.751. The summed E-state index contributed by atoms with van der Waals surface area (Å²) in [6, 6.07) is 0.0335. The molecule has 0 spiro atoms. The highest BCUT2D eigenvalue weighted by molar-refractivity contribution is 5.18. The molecule has 0 saturated carbocycles. The molecule has 0 aromatic carbocycles. The molecule has 0 amide bonds. The van der Waals surface area contributed by atoms with Gasteiger partial charge in [-0.1, -0.05) is 6.92 Å². The fraction of sp³-hybridized carbons (Fsp3) is 0.444. The topological polar surface area (TPSA) is 71.4 Å². The SMILES string of the molecule is CCNC(c1cnn(C)c1)c1ncn[nH]1. The van der Waals surface area contributed by atoms with Gasteiger partial charge in [-0.2, -0.15) is 10.2 Å². The Hall–Kier alpha value is -1.69. The predicted molar refractivity (Wildman–Crippen MR) is 55.1 cm³/mol. The predicted octanol–water partition coefficient (Wildman–Crippen LogP) is 0.237. The van der Waals surface area contributed by atoms with Crippen molar-refractivity contribution in [2.24, 2.45) is 7.05 Å². The van der Waals surface area contributed by atoms with Crippen LogP contribution in [-0.2, 0) is 7.05 Å². The largest absolute Gasteiger partial charge is 0.304 e. The van der Waals surface area contributed by atoms with E-state index in [-0.39, 0.29) is 6.04 Å². The van der Waals surface area contributed by atoms with Crippen molar-refractivity contribution in [3.8, 4) is 0 Å². The average molecular weight is 206 g/mol.